The van der Waals surface area contributed by atoms with Gasteiger partial charge in [-0.2, -0.15) is 13.2 Å². The number of rotatable bonds is 5. The van der Waals surface area contributed by atoms with Crippen molar-refractivity contribution >= 4 is 5.91 Å². The van der Waals surface area contributed by atoms with Crippen LogP contribution in [0.5, 0.6) is 0 Å². The summed E-state index contributed by atoms with van der Waals surface area (Å²) in [5.41, 5.74) is 0. The second-order valence-electron chi connectivity index (χ2n) is 4.95. The van der Waals surface area contributed by atoms with Crippen molar-refractivity contribution in [3.05, 3.63) is 0 Å². The Kier molecular flexibility index (Phi) is 3.61. The first-order valence-corrected chi connectivity index (χ1v) is 6.02. The molecule has 0 radical (unpaired) electrons. The van der Waals surface area contributed by atoms with Crippen molar-refractivity contribution in [1.29, 1.82) is 0 Å². The molecule has 3 nitrogen and oxygen atoms in total. The van der Waals surface area contributed by atoms with Crippen molar-refractivity contribution in [2.24, 2.45) is 11.8 Å². The topological polar surface area (TPSA) is 32.3 Å². The highest BCUT2D eigenvalue weighted by molar-refractivity contribution is 5.80. The monoisotopic (exact) mass is 250 g/mol. The molecule has 98 valence electrons. The van der Waals surface area contributed by atoms with Gasteiger partial charge in [0.25, 0.3) is 0 Å². The maximum absolute atomic E-state index is 12.2. The van der Waals surface area contributed by atoms with Crippen LogP contribution in [0, 0.1) is 11.8 Å². The van der Waals surface area contributed by atoms with E-state index in [0.717, 1.165) is 12.8 Å². The standard InChI is InChI=1S/C11H17F3N2O/c12-11(13,14)3-4-16(7-8-1-2-8)10(17)9-5-15-6-9/h8-9,15H,1-7H2. The molecule has 1 saturated heterocycles. The first-order chi connectivity index (χ1) is 7.96. The van der Waals surface area contributed by atoms with Crippen LogP contribution in [0.4, 0.5) is 13.2 Å². The molecule has 0 spiro atoms. The number of nitrogens with one attached hydrogen (secondary N) is 1. The molecular formula is C11H17F3N2O. The molecule has 1 amide bonds. The first kappa shape index (κ1) is 12.7. The Bertz CT molecular complexity index is 285. The van der Waals surface area contributed by atoms with Crippen LogP contribution in [0.1, 0.15) is 19.3 Å². The summed E-state index contributed by atoms with van der Waals surface area (Å²) in [6.45, 7) is 1.53. The fourth-order valence-electron chi connectivity index (χ4n) is 1.89. The fraction of sp³-hybridized carbons (Fsp3) is 0.909. The summed E-state index contributed by atoms with van der Waals surface area (Å²) in [5.74, 6) is 0.210. The molecule has 2 aliphatic rings. The summed E-state index contributed by atoms with van der Waals surface area (Å²) in [4.78, 5) is 13.3. The van der Waals surface area contributed by atoms with E-state index in [2.05, 4.69) is 5.32 Å². The zero-order chi connectivity index (χ0) is 12.5. The van der Waals surface area contributed by atoms with Crippen molar-refractivity contribution in [2.45, 2.75) is 25.4 Å². The van der Waals surface area contributed by atoms with Gasteiger partial charge in [0.05, 0.1) is 12.3 Å². The van der Waals surface area contributed by atoms with Gasteiger partial charge in [-0.3, -0.25) is 4.79 Å². The second kappa shape index (κ2) is 4.84. The third kappa shape index (κ3) is 3.87. The largest absolute Gasteiger partial charge is 0.390 e. The Morgan fingerprint density at radius 1 is 1.29 bits per heavy atom. The molecule has 1 N–H and O–H groups in total. The van der Waals surface area contributed by atoms with Crippen LogP contribution in [0.15, 0.2) is 0 Å². The highest BCUT2D eigenvalue weighted by Gasteiger charge is 2.35. The molecule has 2 rings (SSSR count). The maximum atomic E-state index is 12.2. The number of nitrogens with zero attached hydrogens (tertiary/aromatic N) is 1. The van der Waals surface area contributed by atoms with Crippen molar-refractivity contribution in [3.8, 4) is 0 Å². The molecule has 6 heteroatoms. The van der Waals surface area contributed by atoms with Gasteiger partial charge in [0.15, 0.2) is 0 Å². The summed E-state index contributed by atoms with van der Waals surface area (Å²) >= 11 is 0. The van der Waals surface area contributed by atoms with Gasteiger partial charge < -0.3 is 10.2 Å². The number of hydrogen-bond donors (Lipinski definition) is 1. The second-order valence-corrected chi connectivity index (χ2v) is 4.95. The van der Waals surface area contributed by atoms with E-state index in [4.69, 9.17) is 0 Å². The molecule has 1 heterocycles. The number of hydrogen-bond acceptors (Lipinski definition) is 2. The van der Waals surface area contributed by atoms with Gasteiger partial charge in [0.2, 0.25) is 5.91 Å². The van der Waals surface area contributed by atoms with E-state index in [-0.39, 0.29) is 18.4 Å². The summed E-state index contributed by atoms with van der Waals surface area (Å²) < 4.78 is 36.5. The molecule has 0 atom stereocenters. The Hall–Kier alpha value is -0.780. The molecule has 1 aliphatic carbocycles. The molecule has 0 bridgehead atoms. The Morgan fingerprint density at radius 2 is 1.94 bits per heavy atom. The molecule has 0 aromatic heterocycles. The Morgan fingerprint density at radius 3 is 2.35 bits per heavy atom. The number of alkyl halides is 3. The van der Waals surface area contributed by atoms with E-state index in [1.54, 1.807) is 0 Å². The lowest BCUT2D eigenvalue weighted by atomic mass is 10.0. The molecule has 0 aromatic rings. The molecular weight excluding hydrogens is 233 g/mol. The van der Waals surface area contributed by atoms with Crippen molar-refractivity contribution in [2.75, 3.05) is 26.2 Å². The maximum Gasteiger partial charge on any atom is 0.390 e. The van der Waals surface area contributed by atoms with Gasteiger partial charge in [-0.1, -0.05) is 0 Å². The minimum Gasteiger partial charge on any atom is -0.342 e. The highest BCUT2D eigenvalue weighted by atomic mass is 19.4. The average Bonchev–Trinajstić information content (AvgIpc) is 2.90. The minimum atomic E-state index is -4.18. The van der Waals surface area contributed by atoms with Crippen molar-refractivity contribution in [1.82, 2.24) is 10.2 Å². The number of halogens is 3. The molecule has 1 saturated carbocycles. The summed E-state index contributed by atoms with van der Waals surface area (Å²) in [5, 5.41) is 2.97. The zero-order valence-electron chi connectivity index (χ0n) is 9.59. The van der Waals surface area contributed by atoms with Gasteiger partial charge in [-0.05, 0) is 18.8 Å². The molecule has 17 heavy (non-hydrogen) atoms. The predicted octanol–water partition coefficient (Wildman–Crippen LogP) is 1.40. The smallest absolute Gasteiger partial charge is 0.342 e. The molecule has 2 fully saturated rings. The lowest BCUT2D eigenvalue weighted by Gasteiger charge is -2.32. The van der Waals surface area contributed by atoms with Crippen molar-refractivity contribution in [3.63, 3.8) is 0 Å². The van der Waals surface area contributed by atoms with E-state index in [1.165, 1.54) is 4.90 Å². The average molecular weight is 250 g/mol. The van der Waals surface area contributed by atoms with Crippen molar-refractivity contribution < 1.29 is 18.0 Å². The quantitative estimate of drug-likeness (QED) is 0.800. The highest BCUT2D eigenvalue weighted by Crippen LogP contribution is 2.31. The number of carbonyl (C=O) groups is 1. The van der Waals surface area contributed by atoms with Crippen LogP contribution in [-0.4, -0.2) is 43.2 Å². The van der Waals surface area contributed by atoms with E-state index >= 15 is 0 Å². The van der Waals surface area contributed by atoms with E-state index in [0.29, 0.717) is 25.6 Å². The van der Waals surface area contributed by atoms with Gasteiger partial charge in [-0.25, -0.2) is 0 Å². The predicted molar refractivity (Wildman–Crippen MR) is 56.3 cm³/mol. The number of carbonyl (C=O) groups excluding carboxylic acids is 1. The molecule has 1 aliphatic heterocycles. The third-order valence-corrected chi connectivity index (χ3v) is 3.28. The van der Waals surface area contributed by atoms with Crippen LogP contribution < -0.4 is 5.32 Å². The van der Waals surface area contributed by atoms with Gasteiger partial charge in [0, 0.05) is 26.2 Å². The van der Waals surface area contributed by atoms with Crippen LogP contribution in [0.2, 0.25) is 0 Å². The third-order valence-electron chi connectivity index (χ3n) is 3.28. The van der Waals surface area contributed by atoms with Gasteiger partial charge >= 0.3 is 6.18 Å². The number of amides is 1. The summed E-state index contributed by atoms with van der Waals surface area (Å²) in [7, 11) is 0. The minimum absolute atomic E-state index is 0.109. The molecule has 0 unspecified atom stereocenters. The summed E-state index contributed by atoms with van der Waals surface area (Å²) in [6, 6.07) is 0. The van der Waals surface area contributed by atoms with Crippen LogP contribution in [0.3, 0.4) is 0 Å². The SMILES string of the molecule is O=C(C1CNC1)N(CCC(F)(F)F)CC1CC1. The van der Waals surface area contributed by atoms with E-state index in [1.807, 2.05) is 0 Å². The zero-order valence-corrected chi connectivity index (χ0v) is 9.59. The van der Waals surface area contributed by atoms with Crippen LogP contribution >= 0.6 is 0 Å². The van der Waals surface area contributed by atoms with E-state index in [9.17, 15) is 18.0 Å². The first-order valence-electron chi connectivity index (χ1n) is 6.02. The Labute approximate surface area is 98.3 Å². The van der Waals surface area contributed by atoms with E-state index < -0.39 is 12.6 Å². The van der Waals surface area contributed by atoms with Gasteiger partial charge in [0.1, 0.15) is 0 Å². The summed E-state index contributed by atoms with van der Waals surface area (Å²) in [6.07, 6.45) is -3.00. The lowest BCUT2D eigenvalue weighted by molar-refractivity contribution is -0.148. The molecule has 0 aromatic carbocycles. The fourth-order valence-corrected chi connectivity index (χ4v) is 1.89. The normalized spacial score (nSPS) is 21.1. The van der Waals surface area contributed by atoms with Crippen LogP contribution in [0.25, 0.3) is 0 Å². The van der Waals surface area contributed by atoms with Gasteiger partial charge in [-0.15, -0.1) is 0 Å². The lowest BCUT2D eigenvalue weighted by Crippen LogP contribution is -2.52. The van der Waals surface area contributed by atoms with Crippen LogP contribution in [-0.2, 0) is 4.79 Å². The Balaban J connectivity index is 1.84.